The molecule has 0 unspecified atom stereocenters. The summed E-state index contributed by atoms with van der Waals surface area (Å²) in [5.74, 6) is -0.765. The van der Waals surface area contributed by atoms with Crippen molar-refractivity contribution in [1.82, 2.24) is 4.98 Å². The number of hydrogen-bond acceptors (Lipinski definition) is 2. The molecule has 0 atom stereocenters. The molecule has 82 valence electrons. The molecule has 0 aliphatic rings. The molecular formula is C12H10FNO2. The quantitative estimate of drug-likeness (QED) is 0.805. The van der Waals surface area contributed by atoms with E-state index in [9.17, 15) is 9.18 Å². The first-order valence-corrected chi connectivity index (χ1v) is 4.74. The van der Waals surface area contributed by atoms with Gasteiger partial charge in [-0.05, 0) is 24.3 Å². The molecule has 1 aromatic heterocycles. The third-order valence-electron chi connectivity index (χ3n) is 2.26. The van der Waals surface area contributed by atoms with E-state index >= 15 is 0 Å². The third kappa shape index (κ3) is 1.69. The summed E-state index contributed by atoms with van der Waals surface area (Å²) in [5, 5.41) is 0. The molecule has 3 nitrogen and oxygen atoms in total. The van der Waals surface area contributed by atoms with Crippen molar-refractivity contribution in [2.45, 2.75) is 0 Å². The molecule has 0 aliphatic carbocycles. The lowest BCUT2D eigenvalue weighted by molar-refractivity contribution is 0.102. The fourth-order valence-electron chi connectivity index (χ4n) is 1.50. The minimum atomic E-state index is -0.584. The van der Waals surface area contributed by atoms with Gasteiger partial charge in [-0.1, -0.05) is 6.07 Å². The second-order valence-electron chi connectivity index (χ2n) is 3.23. The molecule has 0 aliphatic heterocycles. The Morgan fingerprint density at radius 1 is 1.31 bits per heavy atom. The molecule has 0 saturated carbocycles. The molecule has 0 saturated heterocycles. The van der Waals surface area contributed by atoms with Crippen LogP contribution >= 0.6 is 0 Å². The molecule has 0 fully saturated rings. The summed E-state index contributed by atoms with van der Waals surface area (Å²) in [4.78, 5) is 14.7. The molecule has 0 radical (unpaired) electrons. The lowest BCUT2D eigenvalue weighted by Crippen LogP contribution is -2.07. The maximum atomic E-state index is 13.6. The molecule has 1 aromatic carbocycles. The number of carbonyl (C=O) groups is 1. The van der Waals surface area contributed by atoms with Gasteiger partial charge in [-0.3, -0.25) is 4.79 Å². The van der Waals surface area contributed by atoms with E-state index < -0.39 is 11.6 Å². The van der Waals surface area contributed by atoms with Crippen LogP contribution in [-0.2, 0) is 0 Å². The van der Waals surface area contributed by atoms with E-state index in [-0.39, 0.29) is 11.3 Å². The second kappa shape index (κ2) is 4.18. The van der Waals surface area contributed by atoms with Crippen LogP contribution in [-0.4, -0.2) is 17.9 Å². The zero-order chi connectivity index (χ0) is 11.5. The van der Waals surface area contributed by atoms with E-state index in [1.165, 1.54) is 19.2 Å². The summed E-state index contributed by atoms with van der Waals surface area (Å²) in [5.41, 5.74) is 0.288. The van der Waals surface area contributed by atoms with E-state index in [1.54, 1.807) is 24.4 Å². The van der Waals surface area contributed by atoms with Crippen LogP contribution in [0.25, 0.3) is 0 Å². The number of aromatic amines is 1. The van der Waals surface area contributed by atoms with E-state index in [1.807, 2.05) is 0 Å². The SMILES string of the molecule is COc1cccc(F)c1C(=O)c1ccc[nH]1. The average molecular weight is 219 g/mol. The van der Waals surface area contributed by atoms with Crippen molar-refractivity contribution in [1.29, 1.82) is 0 Å². The Morgan fingerprint density at radius 2 is 2.12 bits per heavy atom. The van der Waals surface area contributed by atoms with Crippen molar-refractivity contribution in [2.24, 2.45) is 0 Å². The van der Waals surface area contributed by atoms with Crippen LogP contribution in [0.4, 0.5) is 4.39 Å². The van der Waals surface area contributed by atoms with Crippen molar-refractivity contribution in [3.63, 3.8) is 0 Å². The number of ether oxygens (including phenoxy) is 1. The van der Waals surface area contributed by atoms with E-state index in [0.29, 0.717) is 5.69 Å². The van der Waals surface area contributed by atoms with Crippen molar-refractivity contribution in [3.05, 3.63) is 53.6 Å². The smallest absolute Gasteiger partial charge is 0.215 e. The van der Waals surface area contributed by atoms with Gasteiger partial charge in [-0.2, -0.15) is 0 Å². The van der Waals surface area contributed by atoms with Crippen LogP contribution in [0.5, 0.6) is 5.75 Å². The van der Waals surface area contributed by atoms with Gasteiger partial charge in [0.25, 0.3) is 0 Å². The topological polar surface area (TPSA) is 42.1 Å². The predicted molar refractivity (Wildman–Crippen MR) is 57.2 cm³/mol. The first kappa shape index (κ1) is 10.4. The van der Waals surface area contributed by atoms with Crippen LogP contribution in [0.2, 0.25) is 0 Å². The van der Waals surface area contributed by atoms with Gasteiger partial charge in [0.2, 0.25) is 5.78 Å². The van der Waals surface area contributed by atoms with Gasteiger partial charge in [0.05, 0.1) is 12.8 Å². The summed E-state index contributed by atoms with van der Waals surface area (Å²) >= 11 is 0. The van der Waals surface area contributed by atoms with Gasteiger partial charge in [-0.25, -0.2) is 4.39 Å². The second-order valence-corrected chi connectivity index (χ2v) is 3.23. The highest BCUT2D eigenvalue weighted by Crippen LogP contribution is 2.23. The predicted octanol–water partition coefficient (Wildman–Crippen LogP) is 2.39. The highest BCUT2D eigenvalue weighted by Gasteiger charge is 2.19. The van der Waals surface area contributed by atoms with Crippen LogP contribution in [0.3, 0.4) is 0 Å². The van der Waals surface area contributed by atoms with Gasteiger partial charge in [-0.15, -0.1) is 0 Å². The van der Waals surface area contributed by atoms with Crippen molar-refractivity contribution in [3.8, 4) is 5.75 Å². The number of benzene rings is 1. The molecule has 1 N–H and O–H groups in total. The van der Waals surface area contributed by atoms with Crippen molar-refractivity contribution < 1.29 is 13.9 Å². The van der Waals surface area contributed by atoms with Gasteiger partial charge in [0, 0.05) is 6.20 Å². The van der Waals surface area contributed by atoms with E-state index in [4.69, 9.17) is 4.74 Å². The largest absolute Gasteiger partial charge is 0.496 e. The fourth-order valence-corrected chi connectivity index (χ4v) is 1.50. The van der Waals surface area contributed by atoms with Gasteiger partial charge in [0.15, 0.2) is 0 Å². The zero-order valence-corrected chi connectivity index (χ0v) is 8.66. The number of methoxy groups -OCH3 is 1. The summed E-state index contributed by atoms with van der Waals surface area (Å²) < 4.78 is 18.5. The molecule has 2 rings (SSSR count). The number of ketones is 1. The van der Waals surface area contributed by atoms with Crippen molar-refractivity contribution in [2.75, 3.05) is 7.11 Å². The molecule has 0 amide bonds. The lowest BCUT2D eigenvalue weighted by atomic mass is 10.1. The summed E-state index contributed by atoms with van der Waals surface area (Å²) in [6, 6.07) is 7.56. The average Bonchev–Trinajstić information content (AvgIpc) is 2.81. The monoisotopic (exact) mass is 219 g/mol. The molecule has 0 spiro atoms. The number of halogens is 1. The first-order valence-electron chi connectivity index (χ1n) is 4.74. The number of hydrogen-bond donors (Lipinski definition) is 1. The molecule has 4 heteroatoms. The summed E-state index contributed by atoms with van der Waals surface area (Å²) in [7, 11) is 1.40. The van der Waals surface area contributed by atoms with Gasteiger partial charge >= 0.3 is 0 Å². The Bertz CT molecular complexity index is 506. The van der Waals surface area contributed by atoms with Crippen LogP contribution in [0, 0.1) is 5.82 Å². The van der Waals surface area contributed by atoms with E-state index in [0.717, 1.165) is 0 Å². The highest BCUT2D eigenvalue weighted by molar-refractivity contribution is 6.09. The fraction of sp³-hybridized carbons (Fsp3) is 0.0833. The Balaban J connectivity index is 2.51. The molecule has 16 heavy (non-hydrogen) atoms. The minimum absolute atomic E-state index is 0.0487. The maximum absolute atomic E-state index is 13.6. The number of aromatic nitrogens is 1. The highest BCUT2D eigenvalue weighted by atomic mass is 19.1. The maximum Gasteiger partial charge on any atom is 0.215 e. The summed E-state index contributed by atoms with van der Waals surface area (Å²) in [6.07, 6.45) is 1.61. The first-order chi connectivity index (χ1) is 7.74. The number of H-pyrrole nitrogens is 1. The Morgan fingerprint density at radius 3 is 2.75 bits per heavy atom. The Labute approximate surface area is 91.9 Å². The zero-order valence-electron chi connectivity index (χ0n) is 8.66. The minimum Gasteiger partial charge on any atom is -0.496 e. The number of rotatable bonds is 3. The molecular weight excluding hydrogens is 209 g/mol. The van der Waals surface area contributed by atoms with E-state index in [2.05, 4.69) is 4.98 Å². The van der Waals surface area contributed by atoms with Crippen LogP contribution in [0.1, 0.15) is 16.1 Å². The van der Waals surface area contributed by atoms with Crippen LogP contribution in [0.15, 0.2) is 36.5 Å². The summed E-state index contributed by atoms with van der Waals surface area (Å²) in [6.45, 7) is 0. The standard InChI is InChI=1S/C12H10FNO2/c1-16-10-6-2-4-8(13)11(10)12(15)9-5-3-7-14-9/h2-7,14H,1H3. The molecule has 2 aromatic rings. The lowest BCUT2D eigenvalue weighted by Gasteiger charge is -2.07. The third-order valence-corrected chi connectivity index (χ3v) is 2.26. The Hall–Kier alpha value is -2.10. The van der Waals surface area contributed by atoms with Crippen molar-refractivity contribution >= 4 is 5.78 Å². The van der Waals surface area contributed by atoms with Gasteiger partial charge < -0.3 is 9.72 Å². The molecule has 0 bridgehead atoms. The Kier molecular flexibility index (Phi) is 2.72. The van der Waals surface area contributed by atoms with Crippen LogP contribution < -0.4 is 4.74 Å². The molecule has 1 heterocycles. The number of carbonyl (C=O) groups excluding carboxylic acids is 1. The number of nitrogens with one attached hydrogen (secondary N) is 1. The normalized spacial score (nSPS) is 10.1. The van der Waals surface area contributed by atoms with Gasteiger partial charge in [0.1, 0.15) is 17.1 Å².